The van der Waals surface area contributed by atoms with Crippen LogP contribution in [0.1, 0.15) is 51.3 Å². The minimum atomic E-state index is -3.38. The molecule has 0 unspecified atom stereocenters. The summed E-state index contributed by atoms with van der Waals surface area (Å²) in [6, 6.07) is 5.97. The second kappa shape index (κ2) is 12.1. The van der Waals surface area contributed by atoms with Crippen molar-refractivity contribution >= 4 is 16.9 Å². The van der Waals surface area contributed by atoms with Crippen molar-refractivity contribution < 1.29 is 27.8 Å². The van der Waals surface area contributed by atoms with Crippen LogP contribution in [0, 0.1) is 11.6 Å². The summed E-state index contributed by atoms with van der Waals surface area (Å²) in [7, 11) is 0. The fourth-order valence-electron chi connectivity index (χ4n) is 5.56. The summed E-state index contributed by atoms with van der Waals surface area (Å²) in [4.78, 5) is 29.2. The van der Waals surface area contributed by atoms with Crippen molar-refractivity contribution in [2.75, 3.05) is 24.6 Å². The molecule has 3 aromatic heterocycles. The van der Waals surface area contributed by atoms with Crippen LogP contribution in [0.15, 0.2) is 41.3 Å². The highest BCUT2D eigenvalue weighted by Crippen LogP contribution is 2.37. The molecule has 1 aromatic carbocycles. The van der Waals surface area contributed by atoms with E-state index in [-0.39, 0.29) is 47.0 Å². The van der Waals surface area contributed by atoms with Crippen molar-refractivity contribution in [3.05, 3.63) is 69.9 Å². The van der Waals surface area contributed by atoms with Gasteiger partial charge in [-0.1, -0.05) is 19.9 Å². The number of aliphatic hydroxyl groups is 1. The van der Waals surface area contributed by atoms with Crippen LogP contribution in [-0.4, -0.2) is 67.4 Å². The lowest BCUT2D eigenvalue weighted by Gasteiger charge is -2.38. The number of aryl methyl sites for hydroxylation is 1. The Labute approximate surface area is 251 Å². The van der Waals surface area contributed by atoms with Crippen molar-refractivity contribution in [3.63, 3.8) is 0 Å². The number of hydrogen-bond donors (Lipinski definition) is 3. The monoisotopic (exact) mass is 614 g/mol. The quantitative estimate of drug-likeness (QED) is 0.245. The number of halogens is 4. The van der Waals surface area contributed by atoms with Gasteiger partial charge in [0.1, 0.15) is 29.7 Å². The second-order valence-corrected chi connectivity index (χ2v) is 11.6. The van der Waals surface area contributed by atoms with Crippen LogP contribution in [0.5, 0.6) is 5.75 Å². The number of rotatable bonds is 8. The maximum absolute atomic E-state index is 15.9. The molecule has 5 rings (SSSR count). The SMILES string of the molecule is CC(C)c1nccc(CCC(F)(F)CO)c1-n1c(=O)nc(N2C[C@@H](C)NC[C@@H]2C)c2cc(F)c(-c3c(O)cccc3F)nc21. The Balaban J connectivity index is 1.88. The molecule has 2 atom stereocenters. The van der Waals surface area contributed by atoms with Gasteiger partial charge < -0.3 is 20.4 Å². The predicted molar refractivity (Wildman–Crippen MR) is 159 cm³/mol. The van der Waals surface area contributed by atoms with Crippen molar-refractivity contribution in [2.24, 2.45) is 0 Å². The molecule has 0 spiro atoms. The number of anilines is 1. The number of nitrogens with zero attached hydrogens (tertiary/aromatic N) is 5. The summed E-state index contributed by atoms with van der Waals surface area (Å²) < 4.78 is 60.4. The Hall–Kier alpha value is -4.10. The first kappa shape index (κ1) is 31.3. The number of pyridine rings is 2. The number of nitrogens with one attached hydrogen (secondary N) is 1. The van der Waals surface area contributed by atoms with Crippen LogP contribution in [0.4, 0.5) is 23.4 Å². The maximum Gasteiger partial charge on any atom is 0.355 e. The molecule has 4 heterocycles. The zero-order valence-electron chi connectivity index (χ0n) is 24.8. The molecule has 0 aliphatic carbocycles. The minimum absolute atomic E-state index is 0.0172. The number of benzene rings is 1. The third-order valence-corrected chi connectivity index (χ3v) is 7.86. The van der Waals surface area contributed by atoms with Crippen molar-refractivity contribution in [1.82, 2.24) is 24.8 Å². The van der Waals surface area contributed by atoms with Gasteiger partial charge in [0.05, 0.1) is 22.3 Å². The molecule has 1 fully saturated rings. The molecule has 13 heteroatoms. The third-order valence-electron chi connectivity index (χ3n) is 7.86. The average Bonchev–Trinajstić information content (AvgIpc) is 2.97. The minimum Gasteiger partial charge on any atom is -0.507 e. The Bertz CT molecular complexity index is 1740. The Morgan fingerprint density at radius 1 is 1.14 bits per heavy atom. The molecule has 44 heavy (non-hydrogen) atoms. The summed E-state index contributed by atoms with van der Waals surface area (Å²) in [5, 5.41) is 23.1. The van der Waals surface area contributed by atoms with E-state index in [0.717, 1.165) is 16.7 Å². The van der Waals surface area contributed by atoms with Gasteiger partial charge in [0, 0.05) is 37.8 Å². The molecule has 0 bridgehead atoms. The highest BCUT2D eigenvalue weighted by molar-refractivity contribution is 5.91. The lowest BCUT2D eigenvalue weighted by Crippen LogP contribution is -2.55. The van der Waals surface area contributed by atoms with E-state index in [2.05, 4.69) is 20.3 Å². The molecule has 0 amide bonds. The maximum atomic E-state index is 15.9. The van der Waals surface area contributed by atoms with Crippen molar-refractivity contribution in [3.8, 4) is 22.7 Å². The highest BCUT2D eigenvalue weighted by atomic mass is 19.3. The van der Waals surface area contributed by atoms with E-state index in [1.165, 1.54) is 24.4 Å². The number of alkyl halides is 2. The number of piperazine rings is 1. The first-order valence-electron chi connectivity index (χ1n) is 14.4. The number of phenolic OH excluding ortho intramolecular Hbond substituents is 1. The van der Waals surface area contributed by atoms with Crippen LogP contribution in [0.2, 0.25) is 0 Å². The molecule has 9 nitrogen and oxygen atoms in total. The second-order valence-electron chi connectivity index (χ2n) is 11.6. The van der Waals surface area contributed by atoms with Gasteiger partial charge in [-0.3, -0.25) is 4.98 Å². The van der Waals surface area contributed by atoms with Crippen LogP contribution in [-0.2, 0) is 6.42 Å². The third kappa shape index (κ3) is 5.85. The van der Waals surface area contributed by atoms with Gasteiger partial charge >= 0.3 is 5.69 Å². The van der Waals surface area contributed by atoms with E-state index < -0.39 is 53.3 Å². The highest BCUT2D eigenvalue weighted by Gasteiger charge is 2.31. The summed E-state index contributed by atoms with van der Waals surface area (Å²) in [5.41, 5.74) is -1.13. The molecule has 1 aliphatic rings. The van der Waals surface area contributed by atoms with E-state index in [1.54, 1.807) is 0 Å². The smallest absolute Gasteiger partial charge is 0.355 e. The van der Waals surface area contributed by atoms with Gasteiger partial charge in [0.25, 0.3) is 5.92 Å². The van der Waals surface area contributed by atoms with Crippen LogP contribution in [0.3, 0.4) is 0 Å². The van der Waals surface area contributed by atoms with Crippen LogP contribution in [0.25, 0.3) is 28.0 Å². The Morgan fingerprint density at radius 2 is 1.89 bits per heavy atom. The lowest BCUT2D eigenvalue weighted by molar-refractivity contribution is -0.0558. The predicted octanol–water partition coefficient (Wildman–Crippen LogP) is 4.70. The van der Waals surface area contributed by atoms with Gasteiger partial charge in [0.15, 0.2) is 11.5 Å². The number of fused-ring (bicyclic) bond motifs is 1. The zero-order chi connectivity index (χ0) is 31.9. The molecule has 0 saturated carbocycles. The van der Waals surface area contributed by atoms with Crippen molar-refractivity contribution in [2.45, 2.75) is 64.5 Å². The summed E-state index contributed by atoms with van der Waals surface area (Å²) >= 11 is 0. The van der Waals surface area contributed by atoms with Gasteiger partial charge in [-0.2, -0.15) is 4.98 Å². The zero-order valence-corrected chi connectivity index (χ0v) is 24.8. The van der Waals surface area contributed by atoms with Crippen molar-refractivity contribution in [1.29, 1.82) is 0 Å². The molecule has 1 saturated heterocycles. The Kier molecular flexibility index (Phi) is 8.63. The van der Waals surface area contributed by atoms with Gasteiger partial charge in [-0.15, -0.1) is 0 Å². The lowest BCUT2D eigenvalue weighted by atomic mass is 9.99. The standard InChI is InChI=1S/C31H34F4N6O3/c1-16(2)25-27(19(9-11-36-25)8-10-31(34,35)15-42)41-29-20(28(39-30(41)44)40-14-17(3)37-13-18(40)4)12-22(33)26(38-29)24-21(32)6-5-7-23(24)43/h5-7,9,11-12,16-18,37,42-43H,8,10,13-15H2,1-4H3/t17-,18+/m1/s1. The molecule has 4 aromatic rings. The largest absolute Gasteiger partial charge is 0.507 e. The Morgan fingerprint density at radius 3 is 2.57 bits per heavy atom. The molecule has 3 N–H and O–H groups in total. The number of phenols is 1. The first-order valence-corrected chi connectivity index (χ1v) is 14.4. The van der Waals surface area contributed by atoms with E-state index >= 15 is 4.39 Å². The van der Waals surface area contributed by atoms with E-state index in [4.69, 9.17) is 5.11 Å². The summed E-state index contributed by atoms with van der Waals surface area (Å²) in [6.07, 6.45) is 0.484. The normalized spacial score (nSPS) is 17.5. The molecule has 234 valence electrons. The summed E-state index contributed by atoms with van der Waals surface area (Å²) in [6.45, 7) is 7.16. The van der Waals surface area contributed by atoms with E-state index in [9.17, 15) is 23.1 Å². The molecule has 0 radical (unpaired) electrons. The van der Waals surface area contributed by atoms with Crippen LogP contribution >= 0.6 is 0 Å². The first-order chi connectivity index (χ1) is 20.8. The van der Waals surface area contributed by atoms with E-state index in [1.807, 2.05) is 32.6 Å². The van der Waals surface area contributed by atoms with Gasteiger partial charge in [-0.05, 0) is 56.0 Å². The van der Waals surface area contributed by atoms with Gasteiger partial charge in [0.2, 0.25) is 0 Å². The molecular formula is C31H34F4N6O3. The summed E-state index contributed by atoms with van der Waals surface area (Å²) in [5.74, 6) is -5.95. The number of hydrogen-bond acceptors (Lipinski definition) is 8. The van der Waals surface area contributed by atoms with Gasteiger partial charge in [-0.25, -0.2) is 31.9 Å². The topological polar surface area (TPSA) is 116 Å². The number of aromatic hydroxyl groups is 1. The van der Waals surface area contributed by atoms with Crippen LogP contribution < -0.4 is 15.9 Å². The number of aromatic nitrogens is 4. The fourth-order valence-corrected chi connectivity index (χ4v) is 5.56. The molecular weight excluding hydrogens is 580 g/mol. The number of aliphatic hydroxyl groups excluding tert-OH is 1. The molecule has 1 aliphatic heterocycles. The fraction of sp³-hybridized carbons (Fsp3) is 0.419. The van der Waals surface area contributed by atoms with E-state index in [0.29, 0.717) is 24.3 Å². The average molecular weight is 615 g/mol.